The minimum atomic E-state index is -3.64. The van der Waals surface area contributed by atoms with Gasteiger partial charge in [0, 0.05) is 11.6 Å². The van der Waals surface area contributed by atoms with E-state index in [1.54, 1.807) is 13.8 Å². The highest BCUT2D eigenvalue weighted by Gasteiger charge is 2.31. The number of hydrogen-bond acceptors (Lipinski definition) is 4. The molecule has 5 nitrogen and oxygen atoms in total. The maximum absolute atomic E-state index is 12.4. The fourth-order valence-corrected chi connectivity index (χ4v) is 4.34. The van der Waals surface area contributed by atoms with Crippen molar-refractivity contribution in [1.29, 1.82) is 0 Å². The fraction of sp³-hybridized carbons (Fsp3) is 0.692. The highest BCUT2D eigenvalue weighted by molar-refractivity contribution is 7.89. The molecule has 1 atom stereocenters. The van der Waals surface area contributed by atoms with Crippen LogP contribution in [0.1, 0.15) is 43.3 Å². The van der Waals surface area contributed by atoms with Gasteiger partial charge < -0.3 is 9.52 Å². The quantitative estimate of drug-likeness (QED) is 0.866. The lowest BCUT2D eigenvalue weighted by Gasteiger charge is -2.31. The molecule has 0 amide bonds. The van der Waals surface area contributed by atoms with Gasteiger partial charge in [-0.1, -0.05) is 6.42 Å². The van der Waals surface area contributed by atoms with Gasteiger partial charge in [0.25, 0.3) is 0 Å². The molecule has 1 aliphatic rings. The first-order chi connectivity index (χ1) is 8.86. The van der Waals surface area contributed by atoms with Gasteiger partial charge in [0.1, 0.15) is 16.4 Å². The van der Waals surface area contributed by atoms with Crippen LogP contribution in [0.2, 0.25) is 0 Å². The Bertz CT molecular complexity index is 557. The normalized spacial score (nSPS) is 18.3. The zero-order valence-corrected chi connectivity index (χ0v) is 12.4. The maximum atomic E-state index is 12.4. The summed E-state index contributed by atoms with van der Waals surface area (Å²) in [6, 6.07) is -0.0834. The number of rotatable bonds is 5. The molecule has 0 aromatic carbocycles. The molecule has 2 rings (SSSR count). The van der Waals surface area contributed by atoms with Crippen molar-refractivity contribution in [3.05, 3.63) is 17.1 Å². The van der Waals surface area contributed by atoms with E-state index < -0.39 is 10.0 Å². The molecule has 6 heteroatoms. The Morgan fingerprint density at radius 3 is 2.47 bits per heavy atom. The van der Waals surface area contributed by atoms with E-state index in [9.17, 15) is 13.5 Å². The van der Waals surface area contributed by atoms with E-state index >= 15 is 0 Å². The summed E-state index contributed by atoms with van der Waals surface area (Å²) < 4.78 is 32.9. The smallest absolute Gasteiger partial charge is 0.244 e. The fourth-order valence-electron chi connectivity index (χ4n) is 2.58. The van der Waals surface area contributed by atoms with Crippen LogP contribution in [0, 0.1) is 19.8 Å². The van der Waals surface area contributed by atoms with Gasteiger partial charge >= 0.3 is 0 Å². The Hall–Kier alpha value is -0.850. The van der Waals surface area contributed by atoms with Gasteiger partial charge in [0.05, 0.1) is 6.61 Å². The van der Waals surface area contributed by atoms with Gasteiger partial charge in [-0.2, -0.15) is 0 Å². The van der Waals surface area contributed by atoms with Crippen molar-refractivity contribution in [2.75, 3.05) is 0 Å². The van der Waals surface area contributed by atoms with Crippen molar-refractivity contribution in [2.24, 2.45) is 5.92 Å². The number of aryl methyl sites for hydroxylation is 2. The van der Waals surface area contributed by atoms with Crippen LogP contribution in [0.4, 0.5) is 0 Å². The summed E-state index contributed by atoms with van der Waals surface area (Å²) >= 11 is 0. The second-order valence-corrected chi connectivity index (χ2v) is 6.93. The Balaban J connectivity index is 2.28. The van der Waals surface area contributed by atoms with Crippen LogP contribution in [0.25, 0.3) is 0 Å². The van der Waals surface area contributed by atoms with Crippen LogP contribution >= 0.6 is 0 Å². The average Bonchev–Trinajstić information content (AvgIpc) is 2.49. The lowest BCUT2D eigenvalue weighted by molar-refractivity contribution is 0.260. The molecule has 1 saturated carbocycles. The molecule has 1 heterocycles. The van der Waals surface area contributed by atoms with E-state index in [0.717, 1.165) is 12.8 Å². The largest absolute Gasteiger partial charge is 0.465 e. The summed E-state index contributed by atoms with van der Waals surface area (Å²) in [6.07, 6.45) is 3.31. The lowest BCUT2D eigenvalue weighted by atomic mass is 9.81. The highest BCUT2D eigenvalue weighted by atomic mass is 32.2. The maximum Gasteiger partial charge on any atom is 0.244 e. The van der Waals surface area contributed by atoms with Crippen LogP contribution in [0.5, 0.6) is 0 Å². The standard InChI is InChI=1S/C13H21NO4S/c1-8(11-5-4-6-11)14-19(16,17)13-10(3)18-9(2)12(13)7-15/h8,11,14-15H,4-7H2,1-3H3. The Morgan fingerprint density at radius 2 is 2.00 bits per heavy atom. The summed E-state index contributed by atoms with van der Waals surface area (Å²) in [7, 11) is -3.64. The molecule has 0 bridgehead atoms. The van der Waals surface area contributed by atoms with E-state index in [0.29, 0.717) is 23.0 Å². The molecule has 108 valence electrons. The molecule has 1 fully saturated rings. The van der Waals surface area contributed by atoms with Gasteiger partial charge in [-0.15, -0.1) is 0 Å². The van der Waals surface area contributed by atoms with Crippen LogP contribution in [0.3, 0.4) is 0 Å². The van der Waals surface area contributed by atoms with Crippen molar-refractivity contribution in [3.8, 4) is 0 Å². The second kappa shape index (κ2) is 5.26. The first-order valence-corrected chi connectivity index (χ1v) is 8.07. The van der Waals surface area contributed by atoms with Gasteiger partial charge in [0.2, 0.25) is 10.0 Å². The predicted molar refractivity (Wildman–Crippen MR) is 71.2 cm³/mol. The molecule has 1 aliphatic carbocycles. The molecule has 0 aliphatic heterocycles. The molecule has 0 saturated heterocycles. The van der Waals surface area contributed by atoms with Crippen LogP contribution in [0.15, 0.2) is 9.31 Å². The number of nitrogens with one attached hydrogen (secondary N) is 1. The van der Waals surface area contributed by atoms with Crippen molar-refractivity contribution < 1.29 is 17.9 Å². The first-order valence-electron chi connectivity index (χ1n) is 6.59. The number of aliphatic hydroxyl groups excluding tert-OH is 1. The summed E-state index contributed by atoms with van der Waals surface area (Å²) in [6.45, 7) is 4.82. The zero-order valence-electron chi connectivity index (χ0n) is 11.6. The van der Waals surface area contributed by atoms with Gasteiger partial charge in [-0.3, -0.25) is 0 Å². The zero-order chi connectivity index (χ0) is 14.2. The van der Waals surface area contributed by atoms with E-state index in [2.05, 4.69) is 4.72 Å². The number of sulfonamides is 1. The average molecular weight is 287 g/mol. The van der Waals surface area contributed by atoms with E-state index in [-0.39, 0.29) is 17.5 Å². The van der Waals surface area contributed by atoms with E-state index in [1.165, 1.54) is 6.42 Å². The third-order valence-electron chi connectivity index (χ3n) is 3.95. The van der Waals surface area contributed by atoms with E-state index in [4.69, 9.17) is 4.42 Å². The van der Waals surface area contributed by atoms with Gasteiger partial charge in [-0.25, -0.2) is 13.1 Å². The van der Waals surface area contributed by atoms with Crippen molar-refractivity contribution >= 4 is 10.0 Å². The summed E-state index contributed by atoms with van der Waals surface area (Å²) in [5.74, 6) is 1.20. The molecule has 2 N–H and O–H groups in total. The summed E-state index contributed by atoms with van der Waals surface area (Å²) in [5.41, 5.74) is 0.353. The van der Waals surface area contributed by atoms with Crippen molar-refractivity contribution in [1.82, 2.24) is 4.72 Å². The van der Waals surface area contributed by atoms with Crippen LogP contribution in [-0.4, -0.2) is 19.6 Å². The van der Waals surface area contributed by atoms with Crippen molar-refractivity contribution in [3.63, 3.8) is 0 Å². The number of hydrogen-bond donors (Lipinski definition) is 2. The van der Waals surface area contributed by atoms with Gasteiger partial charge in [0.15, 0.2) is 0 Å². The topological polar surface area (TPSA) is 79.5 Å². The molecule has 0 spiro atoms. The van der Waals surface area contributed by atoms with E-state index in [1.807, 2.05) is 6.92 Å². The highest BCUT2D eigenvalue weighted by Crippen LogP contribution is 2.31. The lowest BCUT2D eigenvalue weighted by Crippen LogP contribution is -2.40. The van der Waals surface area contributed by atoms with Crippen molar-refractivity contribution in [2.45, 2.75) is 57.6 Å². The summed E-state index contributed by atoms with van der Waals surface area (Å²) in [4.78, 5) is 0.0960. The van der Waals surface area contributed by atoms with Crippen LogP contribution in [-0.2, 0) is 16.6 Å². The second-order valence-electron chi connectivity index (χ2n) is 5.28. The minimum Gasteiger partial charge on any atom is -0.465 e. The predicted octanol–water partition coefficient (Wildman–Crippen LogP) is 1.86. The van der Waals surface area contributed by atoms with Gasteiger partial charge in [-0.05, 0) is 39.5 Å². The first kappa shape index (κ1) is 14.6. The Labute approximate surface area is 114 Å². The third-order valence-corrected chi connectivity index (χ3v) is 5.70. The molecule has 1 aromatic rings. The van der Waals surface area contributed by atoms with Crippen LogP contribution < -0.4 is 4.72 Å². The third kappa shape index (κ3) is 2.70. The number of furan rings is 1. The molecule has 1 aromatic heterocycles. The Morgan fingerprint density at radius 1 is 1.37 bits per heavy atom. The number of aliphatic hydroxyl groups is 1. The molecular weight excluding hydrogens is 266 g/mol. The molecule has 19 heavy (non-hydrogen) atoms. The Kier molecular flexibility index (Phi) is 4.03. The summed E-state index contributed by atoms with van der Waals surface area (Å²) in [5, 5.41) is 9.32. The minimum absolute atomic E-state index is 0.0834. The monoisotopic (exact) mass is 287 g/mol. The molecular formula is C13H21NO4S. The molecule has 1 unspecified atom stereocenters. The SMILES string of the molecule is Cc1oc(C)c(S(=O)(=O)NC(C)C2CCC2)c1CO. The molecule has 0 radical (unpaired) electrons.